The predicted octanol–water partition coefficient (Wildman–Crippen LogP) is 3.02. The Labute approximate surface area is 135 Å². The summed E-state index contributed by atoms with van der Waals surface area (Å²) in [7, 11) is 0. The second kappa shape index (κ2) is 7.91. The van der Waals surface area contributed by atoms with Crippen molar-refractivity contribution in [3.63, 3.8) is 0 Å². The number of para-hydroxylation sites is 1. The molecule has 24 heavy (non-hydrogen) atoms. The molecule has 1 aromatic carbocycles. The van der Waals surface area contributed by atoms with Gasteiger partial charge in [0.25, 0.3) is 0 Å². The van der Waals surface area contributed by atoms with E-state index in [9.17, 15) is 17.6 Å². The lowest BCUT2D eigenvalue weighted by Crippen LogP contribution is -2.33. The van der Waals surface area contributed by atoms with Crippen LogP contribution in [0.2, 0.25) is 0 Å². The molecule has 0 unspecified atom stereocenters. The standard InChI is InChI=1S/C15H15F4N3O2/c16-13(17)15(18,19)9-23-7-8-24-12-4-2-1-3-10(12)11-5-6-21-14(20)22-11/h1-6,13H,7-9H2,(H2,20,21,22). The van der Waals surface area contributed by atoms with E-state index in [1.54, 1.807) is 30.3 Å². The van der Waals surface area contributed by atoms with Gasteiger partial charge in [-0.3, -0.25) is 0 Å². The molecule has 0 aliphatic heterocycles. The summed E-state index contributed by atoms with van der Waals surface area (Å²) in [5.41, 5.74) is 6.70. The maximum absolute atomic E-state index is 12.7. The topological polar surface area (TPSA) is 70.3 Å². The van der Waals surface area contributed by atoms with Crippen LogP contribution in [0.1, 0.15) is 0 Å². The minimum absolute atomic E-state index is 0.0864. The molecule has 1 heterocycles. The number of hydrogen-bond acceptors (Lipinski definition) is 5. The second-order valence-electron chi connectivity index (χ2n) is 4.76. The van der Waals surface area contributed by atoms with Crippen molar-refractivity contribution in [3.05, 3.63) is 36.5 Å². The maximum atomic E-state index is 12.7. The first-order valence-electron chi connectivity index (χ1n) is 6.94. The molecule has 0 amide bonds. The maximum Gasteiger partial charge on any atom is 0.330 e. The number of ether oxygens (including phenoxy) is 2. The molecule has 0 spiro atoms. The van der Waals surface area contributed by atoms with E-state index in [2.05, 4.69) is 14.7 Å². The average Bonchev–Trinajstić information content (AvgIpc) is 2.54. The Kier molecular flexibility index (Phi) is 5.91. The van der Waals surface area contributed by atoms with Crippen LogP contribution in [0.25, 0.3) is 11.3 Å². The molecule has 0 aliphatic rings. The average molecular weight is 345 g/mol. The van der Waals surface area contributed by atoms with Crippen molar-refractivity contribution in [1.82, 2.24) is 9.97 Å². The van der Waals surface area contributed by atoms with Gasteiger partial charge in [-0.1, -0.05) is 12.1 Å². The van der Waals surface area contributed by atoms with Crippen LogP contribution in [-0.4, -0.2) is 42.1 Å². The van der Waals surface area contributed by atoms with Crippen LogP contribution in [0.3, 0.4) is 0 Å². The van der Waals surface area contributed by atoms with Gasteiger partial charge in [-0.2, -0.15) is 8.78 Å². The van der Waals surface area contributed by atoms with Crippen molar-refractivity contribution < 1.29 is 27.0 Å². The highest BCUT2D eigenvalue weighted by Gasteiger charge is 2.40. The van der Waals surface area contributed by atoms with Gasteiger partial charge in [-0.15, -0.1) is 0 Å². The minimum Gasteiger partial charge on any atom is -0.490 e. The molecule has 130 valence electrons. The molecule has 2 N–H and O–H groups in total. The van der Waals surface area contributed by atoms with E-state index >= 15 is 0 Å². The lowest BCUT2D eigenvalue weighted by Gasteiger charge is -2.15. The normalized spacial score (nSPS) is 11.7. The summed E-state index contributed by atoms with van der Waals surface area (Å²) < 4.78 is 59.3. The zero-order valence-electron chi connectivity index (χ0n) is 12.5. The first kappa shape index (κ1) is 17.9. The number of hydrogen-bond donors (Lipinski definition) is 1. The molecule has 0 bridgehead atoms. The zero-order chi connectivity index (χ0) is 17.6. The molecule has 0 saturated carbocycles. The van der Waals surface area contributed by atoms with Gasteiger partial charge in [0.05, 0.1) is 12.3 Å². The number of nitrogens with zero attached hydrogens (tertiary/aromatic N) is 2. The van der Waals surface area contributed by atoms with E-state index in [-0.39, 0.29) is 19.2 Å². The molecule has 5 nitrogen and oxygen atoms in total. The van der Waals surface area contributed by atoms with E-state index < -0.39 is 19.0 Å². The summed E-state index contributed by atoms with van der Waals surface area (Å²) in [6.45, 7) is -1.71. The summed E-state index contributed by atoms with van der Waals surface area (Å²) in [6, 6.07) is 8.51. The number of halogens is 4. The van der Waals surface area contributed by atoms with Crippen molar-refractivity contribution in [2.45, 2.75) is 12.3 Å². The van der Waals surface area contributed by atoms with Gasteiger partial charge in [0.15, 0.2) is 0 Å². The Morgan fingerprint density at radius 1 is 1.12 bits per heavy atom. The molecule has 0 atom stereocenters. The molecular weight excluding hydrogens is 330 g/mol. The number of benzene rings is 1. The number of aromatic nitrogens is 2. The fraction of sp³-hybridized carbons (Fsp3) is 0.333. The lowest BCUT2D eigenvalue weighted by molar-refractivity contribution is -0.166. The fourth-order valence-electron chi connectivity index (χ4n) is 1.81. The van der Waals surface area contributed by atoms with Crippen molar-refractivity contribution in [3.8, 4) is 17.0 Å². The van der Waals surface area contributed by atoms with Crippen molar-refractivity contribution in [2.75, 3.05) is 25.6 Å². The highest BCUT2D eigenvalue weighted by atomic mass is 19.3. The Morgan fingerprint density at radius 2 is 1.88 bits per heavy atom. The van der Waals surface area contributed by atoms with Gasteiger partial charge in [-0.05, 0) is 18.2 Å². The van der Waals surface area contributed by atoms with E-state index in [0.717, 1.165) is 0 Å². The smallest absolute Gasteiger partial charge is 0.330 e. The number of rotatable bonds is 8. The summed E-state index contributed by atoms with van der Waals surface area (Å²) in [6.07, 6.45) is -2.27. The summed E-state index contributed by atoms with van der Waals surface area (Å²) >= 11 is 0. The molecule has 1 aromatic heterocycles. The summed E-state index contributed by atoms with van der Waals surface area (Å²) in [5, 5.41) is 0. The van der Waals surface area contributed by atoms with Gasteiger partial charge >= 0.3 is 12.3 Å². The third kappa shape index (κ3) is 4.79. The van der Waals surface area contributed by atoms with Crippen LogP contribution >= 0.6 is 0 Å². The van der Waals surface area contributed by atoms with Gasteiger partial charge < -0.3 is 15.2 Å². The summed E-state index contributed by atoms with van der Waals surface area (Å²) in [5.74, 6) is -3.64. The Morgan fingerprint density at radius 3 is 2.58 bits per heavy atom. The number of nitrogens with two attached hydrogens (primary N) is 1. The van der Waals surface area contributed by atoms with Gasteiger partial charge in [0.1, 0.15) is 19.0 Å². The lowest BCUT2D eigenvalue weighted by atomic mass is 10.1. The van der Waals surface area contributed by atoms with E-state index in [1.807, 2.05) is 0 Å². The van der Waals surface area contributed by atoms with Gasteiger partial charge in [0, 0.05) is 11.8 Å². The van der Waals surface area contributed by atoms with Crippen LogP contribution in [0.15, 0.2) is 36.5 Å². The molecule has 0 saturated heterocycles. The van der Waals surface area contributed by atoms with Crippen LogP contribution in [0, 0.1) is 0 Å². The Bertz CT molecular complexity index is 671. The van der Waals surface area contributed by atoms with Crippen LogP contribution in [0.5, 0.6) is 5.75 Å². The SMILES string of the molecule is Nc1nccc(-c2ccccc2OCCOCC(F)(F)C(F)F)n1. The third-order valence-electron chi connectivity index (χ3n) is 2.94. The van der Waals surface area contributed by atoms with Crippen LogP contribution < -0.4 is 10.5 Å². The number of alkyl halides is 4. The molecular formula is C15H15F4N3O2. The predicted molar refractivity (Wildman–Crippen MR) is 79.1 cm³/mol. The largest absolute Gasteiger partial charge is 0.490 e. The Balaban J connectivity index is 1.92. The zero-order valence-corrected chi connectivity index (χ0v) is 12.5. The van der Waals surface area contributed by atoms with Crippen LogP contribution in [0.4, 0.5) is 23.5 Å². The fourth-order valence-corrected chi connectivity index (χ4v) is 1.81. The van der Waals surface area contributed by atoms with Crippen molar-refractivity contribution in [2.24, 2.45) is 0 Å². The van der Waals surface area contributed by atoms with Crippen molar-refractivity contribution >= 4 is 5.95 Å². The highest BCUT2D eigenvalue weighted by Crippen LogP contribution is 2.28. The highest BCUT2D eigenvalue weighted by molar-refractivity contribution is 5.67. The van der Waals surface area contributed by atoms with E-state index in [4.69, 9.17) is 10.5 Å². The van der Waals surface area contributed by atoms with Crippen molar-refractivity contribution in [1.29, 1.82) is 0 Å². The first-order valence-corrected chi connectivity index (χ1v) is 6.94. The van der Waals surface area contributed by atoms with E-state index in [0.29, 0.717) is 17.0 Å². The molecule has 0 aliphatic carbocycles. The third-order valence-corrected chi connectivity index (χ3v) is 2.94. The quantitative estimate of drug-likeness (QED) is 0.588. The molecule has 2 aromatic rings. The first-order chi connectivity index (χ1) is 11.4. The molecule has 0 fully saturated rings. The number of anilines is 1. The monoisotopic (exact) mass is 345 g/mol. The number of nitrogen functional groups attached to an aromatic ring is 1. The molecule has 9 heteroatoms. The molecule has 0 radical (unpaired) electrons. The summed E-state index contributed by atoms with van der Waals surface area (Å²) in [4.78, 5) is 7.87. The molecule has 2 rings (SSSR count). The second-order valence-corrected chi connectivity index (χ2v) is 4.76. The van der Waals surface area contributed by atoms with Gasteiger partial charge in [0.2, 0.25) is 5.95 Å². The Hall–Kier alpha value is -2.42. The van der Waals surface area contributed by atoms with Gasteiger partial charge in [-0.25, -0.2) is 18.7 Å². The van der Waals surface area contributed by atoms with E-state index in [1.165, 1.54) is 6.20 Å². The van der Waals surface area contributed by atoms with Crippen LogP contribution in [-0.2, 0) is 4.74 Å². The minimum atomic E-state index is -4.17.